The van der Waals surface area contributed by atoms with E-state index >= 15 is 0 Å². The number of nitrogens with zero attached hydrogens (tertiary/aromatic N) is 5. The minimum atomic E-state index is -0.425. The summed E-state index contributed by atoms with van der Waals surface area (Å²) in [7, 11) is 3.06. The third-order valence-electron chi connectivity index (χ3n) is 5.32. The number of piperidine rings is 1. The lowest BCUT2D eigenvalue weighted by Crippen LogP contribution is -2.44. The molecular formula is C19H23FN6O2. The molecule has 1 saturated heterocycles. The first-order chi connectivity index (χ1) is 13.4. The Morgan fingerprint density at radius 1 is 1.18 bits per heavy atom. The number of imidazole rings is 1. The van der Waals surface area contributed by atoms with Crippen molar-refractivity contribution in [1.29, 1.82) is 0 Å². The molecule has 3 aromatic rings. The van der Waals surface area contributed by atoms with Gasteiger partial charge >= 0.3 is 5.69 Å². The van der Waals surface area contributed by atoms with Crippen molar-refractivity contribution in [3.63, 3.8) is 0 Å². The molecule has 28 heavy (non-hydrogen) atoms. The lowest BCUT2D eigenvalue weighted by atomic mass is 10.1. The Kier molecular flexibility index (Phi) is 4.54. The van der Waals surface area contributed by atoms with Gasteiger partial charge in [-0.3, -0.25) is 18.5 Å². The predicted octanol–water partition coefficient (Wildman–Crippen LogP) is 0.549. The van der Waals surface area contributed by atoms with Crippen LogP contribution in [0.15, 0.2) is 33.9 Å². The summed E-state index contributed by atoms with van der Waals surface area (Å²) in [5.74, 6) is 0.285. The number of nitrogens with two attached hydrogens (primary N) is 1. The highest BCUT2D eigenvalue weighted by Gasteiger charge is 2.25. The van der Waals surface area contributed by atoms with E-state index in [1.54, 1.807) is 19.2 Å². The molecule has 0 bridgehead atoms. The maximum atomic E-state index is 13.3. The third kappa shape index (κ3) is 3.01. The van der Waals surface area contributed by atoms with Gasteiger partial charge in [-0.2, -0.15) is 4.98 Å². The number of fused-ring (bicyclic) bond motifs is 1. The molecule has 1 aliphatic rings. The molecule has 1 aliphatic heterocycles. The first-order valence-electron chi connectivity index (χ1n) is 9.28. The van der Waals surface area contributed by atoms with Crippen molar-refractivity contribution in [2.24, 2.45) is 19.8 Å². The summed E-state index contributed by atoms with van der Waals surface area (Å²) < 4.78 is 17.6. The van der Waals surface area contributed by atoms with Crippen molar-refractivity contribution < 1.29 is 4.39 Å². The van der Waals surface area contributed by atoms with E-state index < -0.39 is 11.2 Å². The van der Waals surface area contributed by atoms with Crippen LogP contribution < -0.4 is 21.9 Å². The molecular weight excluding hydrogens is 363 g/mol. The van der Waals surface area contributed by atoms with Crippen LogP contribution in [0.3, 0.4) is 0 Å². The van der Waals surface area contributed by atoms with Crippen LogP contribution in [0.4, 0.5) is 10.3 Å². The average molecular weight is 386 g/mol. The molecule has 0 spiro atoms. The molecule has 3 heterocycles. The Bertz CT molecular complexity index is 1140. The molecule has 1 fully saturated rings. The number of aromatic nitrogens is 4. The quantitative estimate of drug-likeness (QED) is 0.710. The van der Waals surface area contributed by atoms with Crippen molar-refractivity contribution in [3.8, 4) is 0 Å². The van der Waals surface area contributed by atoms with Crippen molar-refractivity contribution >= 4 is 17.1 Å². The molecule has 1 unspecified atom stereocenters. The van der Waals surface area contributed by atoms with Crippen LogP contribution in [0, 0.1) is 5.82 Å². The number of hydrogen-bond acceptors (Lipinski definition) is 5. The molecule has 148 valence electrons. The Labute approximate surface area is 160 Å². The second-order valence-electron chi connectivity index (χ2n) is 7.35. The zero-order valence-corrected chi connectivity index (χ0v) is 15.9. The molecule has 9 heteroatoms. The van der Waals surface area contributed by atoms with Gasteiger partial charge in [0.2, 0.25) is 5.95 Å². The number of benzene rings is 1. The van der Waals surface area contributed by atoms with Crippen molar-refractivity contribution in [1.82, 2.24) is 18.7 Å². The lowest BCUT2D eigenvalue weighted by Gasteiger charge is -2.31. The Balaban J connectivity index is 1.95. The Hall–Kier alpha value is -2.94. The highest BCUT2D eigenvalue weighted by atomic mass is 19.1. The van der Waals surface area contributed by atoms with Crippen LogP contribution in [0.2, 0.25) is 0 Å². The Morgan fingerprint density at radius 3 is 2.57 bits per heavy atom. The van der Waals surface area contributed by atoms with E-state index in [1.807, 2.05) is 4.57 Å². The average Bonchev–Trinajstić information content (AvgIpc) is 3.06. The van der Waals surface area contributed by atoms with E-state index in [9.17, 15) is 14.0 Å². The van der Waals surface area contributed by atoms with Gasteiger partial charge in [-0.05, 0) is 30.5 Å². The van der Waals surface area contributed by atoms with E-state index in [1.165, 1.54) is 23.7 Å². The monoisotopic (exact) mass is 386 g/mol. The van der Waals surface area contributed by atoms with Crippen LogP contribution in [-0.4, -0.2) is 37.8 Å². The zero-order chi connectivity index (χ0) is 20.0. The highest BCUT2D eigenvalue weighted by molar-refractivity contribution is 5.74. The summed E-state index contributed by atoms with van der Waals surface area (Å²) in [6.45, 7) is 1.74. The van der Waals surface area contributed by atoms with Gasteiger partial charge in [-0.1, -0.05) is 12.1 Å². The second kappa shape index (κ2) is 6.90. The van der Waals surface area contributed by atoms with Crippen LogP contribution in [0.5, 0.6) is 0 Å². The molecule has 0 saturated carbocycles. The second-order valence-corrected chi connectivity index (χ2v) is 7.35. The lowest BCUT2D eigenvalue weighted by molar-refractivity contribution is 0.495. The standard InChI is InChI=1S/C19H23FN6O2/c1-23-16-15(17(27)24(2)19(23)28)26(10-12-5-7-13(20)8-6-12)18(22-16)25-9-3-4-14(21)11-25/h5-8,14H,3-4,9-11,21H2,1-2H3. The van der Waals surface area contributed by atoms with Crippen LogP contribution in [0.1, 0.15) is 18.4 Å². The fourth-order valence-corrected chi connectivity index (χ4v) is 3.79. The summed E-state index contributed by atoms with van der Waals surface area (Å²) in [4.78, 5) is 32.0. The molecule has 0 aliphatic carbocycles. The summed E-state index contributed by atoms with van der Waals surface area (Å²) in [6, 6.07) is 6.16. The number of anilines is 1. The minimum absolute atomic E-state index is 0.0273. The number of aryl methyl sites for hydroxylation is 1. The molecule has 8 nitrogen and oxygen atoms in total. The fourth-order valence-electron chi connectivity index (χ4n) is 3.79. The Morgan fingerprint density at radius 2 is 1.89 bits per heavy atom. The minimum Gasteiger partial charge on any atom is -0.341 e. The van der Waals surface area contributed by atoms with Gasteiger partial charge in [0, 0.05) is 33.2 Å². The largest absolute Gasteiger partial charge is 0.341 e. The van der Waals surface area contributed by atoms with E-state index in [0.29, 0.717) is 30.2 Å². The summed E-state index contributed by atoms with van der Waals surface area (Å²) in [5, 5.41) is 0. The smallest absolute Gasteiger partial charge is 0.332 e. The van der Waals surface area contributed by atoms with Gasteiger partial charge < -0.3 is 10.6 Å². The van der Waals surface area contributed by atoms with Crippen LogP contribution in [-0.2, 0) is 20.6 Å². The normalized spacial score (nSPS) is 17.4. The van der Waals surface area contributed by atoms with Gasteiger partial charge in [0.1, 0.15) is 5.82 Å². The maximum Gasteiger partial charge on any atom is 0.332 e. The fraction of sp³-hybridized carbons (Fsp3) is 0.421. The van der Waals surface area contributed by atoms with E-state index in [2.05, 4.69) is 9.88 Å². The molecule has 4 rings (SSSR count). The van der Waals surface area contributed by atoms with Crippen LogP contribution >= 0.6 is 0 Å². The number of rotatable bonds is 3. The van der Waals surface area contributed by atoms with Gasteiger partial charge in [0.15, 0.2) is 11.2 Å². The van der Waals surface area contributed by atoms with Crippen molar-refractivity contribution in [2.45, 2.75) is 25.4 Å². The molecule has 1 aromatic carbocycles. The molecule has 2 aromatic heterocycles. The summed E-state index contributed by atoms with van der Waals surface area (Å²) in [5.41, 5.74) is 6.83. The van der Waals surface area contributed by atoms with Crippen molar-refractivity contribution in [3.05, 3.63) is 56.5 Å². The van der Waals surface area contributed by atoms with E-state index in [0.717, 1.165) is 29.5 Å². The number of hydrogen-bond donors (Lipinski definition) is 1. The molecule has 0 amide bonds. The van der Waals surface area contributed by atoms with Gasteiger partial charge in [-0.25, -0.2) is 9.18 Å². The maximum absolute atomic E-state index is 13.3. The van der Waals surface area contributed by atoms with Gasteiger partial charge in [0.25, 0.3) is 5.56 Å². The molecule has 0 radical (unpaired) electrons. The zero-order valence-electron chi connectivity index (χ0n) is 15.9. The van der Waals surface area contributed by atoms with Crippen molar-refractivity contribution in [2.75, 3.05) is 18.0 Å². The molecule has 1 atom stereocenters. The SMILES string of the molecule is Cn1c(=O)c2c(nc(N3CCCC(N)C3)n2Cc2ccc(F)cc2)n(C)c1=O. The summed E-state index contributed by atoms with van der Waals surface area (Å²) >= 11 is 0. The molecule has 2 N–H and O–H groups in total. The number of halogens is 1. The van der Waals surface area contributed by atoms with E-state index in [4.69, 9.17) is 5.73 Å². The summed E-state index contributed by atoms with van der Waals surface area (Å²) in [6.07, 6.45) is 1.87. The van der Waals surface area contributed by atoms with Gasteiger partial charge in [0.05, 0.1) is 6.54 Å². The van der Waals surface area contributed by atoms with E-state index in [-0.39, 0.29) is 11.9 Å². The third-order valence-corrected chi connectivity index (χ3v) is 5.32. The highest BCUT2D eigenvalue weighted by Crippen LogP contribution is 2.24. The van der Waals surface area contributed by atoms with Crippen LogP contribution in [0.25, 0.3) is 11.2 Å². The predicted molar refractivity (Wildman–Crippen MR) is 105 cm³/mol. The topological polar surface area (TPSA) is 91.1 Å². The first kappa shape index (κ1) is 18.4. The van der Waals surface area contributed by atoms with Gasteiger partial charge in [-0.15, -0.1) is 0 Å². The first-order valence-corrected chi connectivity index (χ1v) is 9.28.